The zero-order chi connectivity index (χ0) is 11.5. The highest BCUT2D eigenvalue weighted by molar-refractivity contribution is 6.32. The van der Waals surface area contributed by atoms with Crippen molar-refractivity contribution >= 4 is 23.3 Å². The Morgan fingerprint density at radius 3 is 2.87 bits per heavy atom. The van der Waals surface area contributed by atoms with Gasteiger partial charge in [-0.1, -0.05) is 11.6 Å². The van der Waals surface area contributed by atoms with Crippen LogP contribution >= 0.6 is 11.6 Å². The van der Waals surface area contributed by atoms with Gasteiger partial charge in [0.15, 0.2) is 0 Å². The van der Waals surface area contributed by atoms with Gasteiger partial charge in [0.1, 0.15) is 17.2 Å². The molecule has 0 bridgehead atoms. The van der Waals surface area contributed by atoms with E-state index in [-0.39, 0.29) is 12.3 Å². The second-order valence-electron chi connectivity index (χ2n) is 3.87. The number of hydrogen-bond acceptors (Lipinski definition) is 4. The molecule has 0 unspecified atom stereocenters. The van der Waals surface area contributed by atoms with E-state index in [1.54, 1.807) is 0 Å². The molecule has 82 valence electrons. The van der Waals surface area contributed by atoms with Crippen LogP contribution in [0.2, 0.25) is 5.02 Å². The first-order chi connectivity index (χ1) is 6.91. The summed E-state index contributed by atoms with van der Waals surface area (Å²) in [7, 11) is 0. The predicted octanol–water partition coefficient (Wildman–Crippen LogP) is 1.20. The van der Waals surface area contributed by atoms with Crippen LogP contribution in [-0.2, 0) is 4.79 Å². The second kappa shape index (κ2) is 4.44. The Morgan fingerprint density at radius 2 is 2.33 bits per heavy atom. The van der Waals surface area contributed by atoms with Gasteiger partial charge in [-0.15, -0.1) is 0 Å². The van der Waals surface area contributed by atoms with Gasteiger partial charge in [-0.3, -0.25) is 4.79 Å². The van der Waals surface area contributed by atoms with Gasteiger partial charge in [-0.25, -0.2) is 9.97 Å². The topological polar surface area (TPSA) is 80.9 Å². The molecule has 5 nitrogen and oxygen atoms in total. The molecule has 0 saturated heterocycles. The van der Waals surface area contributed by atoms with Crippen molar-refractivity contribution in [3.05, 3.63) is 17.5 Å². The summed E-state index contributed by atoms with van der Waals surface area (Å²) in [5.41, 5.74) is 4.64. The van der Waals surface area contributed by atoms with E-state index in [1.807, 2.05) is 13.8 Å². The minimum Gasteiger partial charge on any atom is -0.370 e. The van der Waals surface area contributed by atoms with Crippen molar-refractivity contribution in [3.8, 4) is 0 Å². The molecule has 3 N–H and O–H groups in total. The Bertz CT molecular complexity index is 367. The SMILES string of the molecule is CC(C)(CC(N)=O)Nc1ncncc1Cl. The van der Waals surface area contributed by atoms with Gasteiger partial charge < -0.3 is 11.1 Å². The molecule has 0 aromatic carbocycles. The van der Waals surface area contributed by atoms with Crippen LogP contribution in [0.3, 0.4) is 0 Å². The van der Waals surface area contributed by atoms with E-state index in [2.05, 4.69) is 15.3 Å². The van der Waals surface area contributed by atoms with Gasteiger partial charge >= 0.3 is 0 Å². The van der Waals surface area contributed by atoms with Crippen LogP contribution < -0.4 is 11.1 Å². The highest BCUT2D eigenvalue weighted by Gasteiger charge is 2.21. The first-order valence-electron chi connectivity index (χ1n) is 4.43. The molecule has 1 amide bonds. The molecule has 0 aliphatic rings. The number of primary amides is 1. The number of carbonyl (C=O) groups is 1. The first-order valence-corrected chi connectivity index (χ1v) is 4.80. The fourth-order valence-electron chi connectivity index (χ4n) is 1.20. The molecule has 0 atom stereocenters. The third kappa shape index (κ3) is 3.71. The molecule has 0 aliphatic carbocycles. The van der Waals surface area contributed by atoms with Gasteiger partial charge in [0.2, 0.25) is 5.91 Å². The number of carbonyl (C=O) groups excluding carboxylic acids is 1. The van der Waals surface area contributed by atoms with Crippen molar-refractivity contribution < 1.29 is 4.79 Å². The van der Waals surface area contributed by atoms with E-state index in [4.69, 9.17) is 17.3 Å². The number of aromatic nitrogens is 2. The highest BCUT2D eigenvalue weighted by Crippen LogP contribution is 2.22. The van der Waals surface area contributed by atoms with Crippen LogP contribution in [0, 0.1) is 0 Å². The minimum absolute atomic E-state index is 0.202. The van der Waals surface area contributed by atoms with Gasteiger partial charge in [0, 0.05) is 12.0 Å². The van der Waals surface area contributed by atoms with E-state index in [9.17, 15) is 4.79 Å². The van der Waals surface area contributed by atoms with Crippen molar-refractivity contribution in [2.75, 3.05) is 5.32 Å². The lowest BCUT2D eigenvalue weighted by Gasteiger charge is -2.25. The summed E-state index contributed by atoms with van der Waals surface area (Å²) in [5, 5.41) is 3.45. The average Bonchev–Trinajstić information content (AvgIpc) is 2.06. The van der Waals surface area contributed by atoms with Crippen LogP contribution in [0.5, 0.6) is 0 Å². The summed E-state index contributed by atoms with van der Waals surface area (Å²) in [4.78, 5) is 18.5. The number of amides is 1. The summed E-state index contributed by atoms with van der Waals surface area (Å²) < 4.78 is 0. The number of anilines is 1. The first kappa shape index (κ1) is 11.7. The number of nitrogens with two attached hydrogens (primary N) is 1. The third-order valence-corrected chi connectivity index (χ3v) is 2.02. The van der Waals surface area contributed by atoms with E-state index < -0.39 is 5.54 Å². The Kier molecular flexibility index (Phi) is 3.47. The van der Waals surface area contributed by atoms with E-state index in [1.165, 1.54) is 12.5 Å². The van der Waals surface area contributed by atoms with Crippen LogP contribution in [0.25, 0.3) is 0 Å². The Balaban J connectivity index is 2.77. The average molecular weight is 229 g/mol. The van der Waals surface area contributed by atoms with E-state index in [0.29, 0.717) is 10.8 Å². The molecule has 15 heavy (non-hydrogen) atoms. The normalized spacial score (nSPS) is 11.1. The molecule has 1 heterocycles. The molecule has 6 heteroatoms. The van der Waals surface area contributed by atoms with Crippen LogP contribution in [-0.4, -0.2) is 21.4 Å². The van der Waals surface area contributed by atoms with Crippen LogP contribution in [0.1, 0.15) is 20.3 Å². The predicted molar refractivity (Wildman–Crippen MR) is 58.6 cm³/mol. The van der Waals surface area contributed by atoms with Gasteiger partial charge in [-0.2, -0.15) is 0 Å². The summed E-state index contributed by atoms with van der Waals surface area (Å²) >= 11 is 5.86. The Hall–Kier alpha value is -1.36. The maximum absolute atomic E-state index is 10.8. The lowest BCUT2D eigenvalue weighted by Crippen LogP contribution is -2.36. The Morgan fingerprint density at radius 1 is 1.67 bits per heavy atom. The molecule has 1 rings (SSSR count). The lowest BCUT2D eigenvalue weighted by molar-refractivity contribution is -0.118. The number of halogens is 1. The van der Waals surface area contributed by atoms with E-state index >= 15 is 0 Å². The highest BCUT2D eigenvalue weighted by atomic mass is 35.5. The number of nitrogens with one attached hydrogen (secondary N) is 1. The number of nitrogens with zero attached hydrogens (tertiary/aromatic N) is 2. The maximum atomic E-state index is 10.8. The molecule has 0 radical (unpaired) electrons. The minimum atomic E-state index is -0.482. The smallest absolute Gasteiger partial charge is 0.219 e. The van der Waals surface area contributed by atoms with Crippen molar-refractivity contribution in [2.24, 2.45) is 5.73 Å². The maximum Gasteiger partial charge on any atom is 0.219 e. The van der Waals surface area contributed by atoms with Crippen molar-refractivity contribution in [3.63, 3.8) is 0 Å². The zero-order valence-corrected chi connectivity index (χ0v) is 9.38. The Labute approximate surface area is 93.0 Å². The van der Waals surface area contributed by atoms with Gasteiger partial charge in [0.05, 0.1) is 6.20 Å². The molecule has 0 fully saturated rings. The summed E-state index contributed by atoms with van der Waals surface area (Å²) in [6.45, 7) is 3.69. The van der Waals surface area contributed by atoms with Gasteiger partial charge in [0.25, 0.3) is 0 Å². The third-order valence-electron chi connectivity index (χ3n) is 1.74. The van der Waals surface area contributed by atoms with Gasteiger partial charge in [-0.05, 0) is 13.8 Å². The van der Waals surface area contributed by atoms with Crippen molar-refractivity contribution in [1.29, 1.82) is 0 Å². The standard InChI is InChI=1S/C9H13ClN4O/c1-9(2,3-7(11)15)14-8-6(10)4-12-5-13-8/h4-5H,3H2,1-2H3,(H2,11,15)(H,12,13,14). The molecular formula is C9H13ClN4O. The fraction of sp³-hybridized carbons (Fsp3) is 0.444. The molecule has 0 spiro atoms. The monoisotopic (exact) mass is 228 g/mol. The quantitative estimate of drug-likeness (QED) is 0.811. The fourth-order valence-corrected chi connectivity index (χ4v) is 1.36. The molecule has 0 saturated carbocycles. The molecule has 1 aromatic rings. The molecule has 0 aliphatic heterocycles. The van der Waals surface area contributed by atoms with Crippen LogP contribution in [0.4, 0.5) is 5.82 Å². The molecule has 1 aromatic heterocycles. The van der Waals surface area contributed by atoms with E-state index in [0.717, 1.165) is 0 Å². The van der Waals surface area contributed by atoms with Crippen molar-refractivity contribution in [1.82, 2.24) is 9.97 Å². The molecular weight excluding hydrogens is 216 g/mol. The summed E-state index contributed by atoms with van der Waals surface area (Å²) in [6.07, 6.45) is 3.07. The number of hydrogen-bond donors (Lipinski definition) is 2. The second-order valence-corrected chi connectivity index (χ2v) is 4.28. The summed E-state index contributed by atoms with van der Waals surface area (Å²) in [5.74, 6) is 0.121. The lowest BCUT2D eigenvalue weighted by atomic mass is 10.0. The zero-order valence-electron chi connectivity index (χ0n) is 8.62. The largest absolute Gasteiger partial charge is 0.370 e. The van der Waals surface area contributed by atoms with Crippen LogP contribution in [0.15, 0.2) is 12.5 Å². The van der Waals surface area contributed by atoms with Crippen molar-refractivity contribution in [2.45, 2.75) is 25.8 Å². The number of rotatable bonds is 4. The summed E-state index contributed by atoms with van der Waals surface area (Å²) in [6, 6.07) is 0.